The number of ether oxygens (including phenoxy) is 1. The summed E-state index contributed by atoms with van der Waals surface area (Å²) in [6, 6.07) is 11.5. The molecule has 0 bridgehead atoms. The Bertz CT molecular complexity index is 650. The molecule has 2 aromatic carbocycles. The molecule has 0 spiro atoms. The average Bonchev–Trinajstić information content (AvgIpc) is 2.48. The van der Waals surface area contributed by atoms with Gasteiger partial charge in [0.1, 0.15) is 17.1 Å². The number of benzene rings is 2. The van der Waals surface area contributed by atoms with E-state index in [-0.39, 0.29) is 30.1 Å². The molecule has 1 N–H and O–H groups in total. The fraction of sp³-hybridized carbons (Fsp3) is 0.125. The molecule has 2 aromatic rings. The highest BCUT2D eigenvalue weighted by Gasteiger charge is 2.11. The summed E-state index contributed by atoms with van der Waals surface area (Å²) in [5, 5.41) is 9.00. The van der Waals surface area contributed by atoms with Gasteiger partial charge in [0.05, 0.1) is 6.61 Å². The molecule has 0 heterocycles. The second-order valence-electron chi connectivity index (χ2n) is 4.33. The lowest BCUT2D eigenvalue weighted by Gasteiger charge is -2.08. The number of aromatic carboxylic acids is 1. The Morgan fingerprint density at radius 2 is 1.71 bits per heavy atom. The average molecular weight is 288 g/mol. The molecule has 5 heteroatoms. The summed E-state index contributed by atoms with van der Waals surface area (Å²) in [6.07, 6.45) is 0.0829. The van der Waals surface area contributed by atoms with Crippen LogP contribution in [0.3, 0.4) is 0 Å². The lowest BCUT2D eigenvalue weighted by Crippen LogP contribution is -2.09. The zero-order valence-electron chi connectivity index (χ0n) is 11.1. The summed E-state index contributed by atoms with van der Waals surface area (Å²) in [5.74, 6) is -1.46. The standard InChI is InChI=1S/C16H13FO4/c17-12-7-5-11(6-8-12)14(18)9-10-21-15-4-2-1-3-13(15)16(19)20/h1-8H,9-10H2,(H,19,20). The van der Waals surface area contributed by atoms with Gasteiger partial charge in [-0.25, -0.2) is 9.18 Å². The van der Waals surface area contributed by atoms with Crippen LogP contribution in [0.4, 0.5) is 4.39 Å². The number of halogens is 1. The zero-order valence-corrected chi connectivity index (χ0v) is 11.1. The number of rotatable bonds is 6. The van der Waals surface area contributed by atoms with Crippen molar-refractivity contribution in [3.8, 4) is 5.75 Å². The maximum absolute atomic E-state index is 12.8. The first-order valence-corrected chi connectivity index (χ1v) is 6.32. The van der Waals surface area contributed by atoms with Crippen molar-refractivity contribution in [2.24, 2.45) is 0 Å². The molecule has 0 radical (unpaired) electrons. The first-order valence-electron chi connectivity index (χ1n) is 6.32. The second kappa shape index (κ2) is 6.65. The Morgan fingerprint density at radius 3 is 2.38 bits per heavy atom. The zero-order chi connectivity index (χ0) is 15.2. The molecule has 0 saturated carbocycles. The number of Topliss-reactive ketones (excluding diaryl/α,β-unsaturated/α-hetero) is 1. The number of hydrogen-bond acceptors (Lipinski definition) is 3. The van der Waals surface area contributed by atoms with Crippen molar-refractivity contribution in [2.45, 2.75) is 6.42 Å². The van der Waals surface area contributed by atoms with Gasteiger partial charge >= 0.3 is 5.97 Å². The molecule has 0 aliphatic rings. The SMILES string of the molecule is O=C(CCOc1ccccc1C(=O)O)c1ccc(F)cc1. The van der Waals surface area contributed by atoms with Crippen LogP contribution in [-0.2, 0) is 0 Å². The molecule has 108 valence electrons. The minimum Gasteiger partial charge on any atom is -0.492 e. The highest BCUT2D eigenvalue weighted by molar-refractivity contribution is 5.96. The smallest absolute Gasteiger partial charge is 0.339 e. The van der Waals surface area contributed by atoms with Crippen molar-refractivity contribution in [1.82, 2.24) is 0 Å². The van der Waals surface area contributed by atoms with Crippen LogP contribution in [0.2, 0.25) is 0 Å². The monoisotopic (exact) mass is 288 g/mol. The van der Waals surface area contributed by atoms with E-state index < -0.39 is 11.8 Å². The number of hydrogen-bond donors (Lipinski definition) is 1. The maximum Gasteiger partial charge on any atom is 0.339 e. The quantitative estimate of drug-likeness (QED) is 0.829. The van der Waals surface area contributed by atoms with Crippen LogP contribution in [0.1, 0.15) is 27.1 Å². The fourth-order valence-corrected chi connectivity index (χ4v) is 1.80. The predicted octanol–water partition coefficient (Wildman–Crippen LogP) is 3.18. The molecule has 0 saturated heterocycles. The van der Waals surface area contributed by atoms with E-state index in [1.807, 2.05) is 0 Å². The number of carbonyl (C=O) groups excluding carboxylic acids is 1. The topological polar surface area (TPSA) is 63.6 Å². The Kier molecular flexibility index (Phi) is 4.66. The van der Waals surface area contributed by atoms with E-state index in [9.17, 15) is 14.0 Å². The lowest BCUT2D eigenvalue weighted by atomic mass is 10.1. The molecular formula is C16H13FO4. The predicted molar refractivity (Wildman–Crippen MR) is 74.2 cm³/mol. The van der Waals surface area contributed by atoms with Crippen LogP contribution in [-0.4, -0.2) is 23.5 Å². The van der Waals surface area contributed by atoms with E-state index in [0.717, 1.165) is 0 Å². The molecule has 4 nitrogen and oxygen atoms in total. The molecule has 0 amide bonds. The summed E-state index contributed by atoms with van der Waals surface area (Å²) >= 11 is 0. The van der Waals surface area contributed by atoms with Crippen molar-refractivity contribution in [3.63, 3.8) is 0 Å². The summed E-state index contributed by atoms with van der Waals surface area (Å²) in [5.41, 5.74) is 0.443. The van der Waals surface area contributed by atoms with Gasteiger partial charge in [-0.2, -0.15) is 0 Å². The summed E-state index contributed by atoms with van der Waals surface area (Å²) in [7, 11) is 0. The van der Waals surface area contributed by atoms with E-state index in [1.54, 1.807) is 12.1 Å². The molecule has 0 aliphatic carbocycles. The first-order chi connectivity index (χ1) is 10.1. The van der Waals surface area contributed by atoms with Crippen LogP contribution in [0.15, 0.2) is 48.5 Å². The maximum atomic E-state index is 12.8. The Balaban J connectivity index is 1.94. The minimum absolute atomic E-state index is 0.0479. The van der Waals surface area contributed by atoms with Gasteiger partial charge < -0.3 is 9.84 Å². The number of para-hydroxylation sites is 1. The number of ketones is 1. The Morgan fingerprint density at radius 1 is 1.05 bits per heavy atom. The highest BCUT2D eigenvalue weighted by atomic mass is 19.1. The van der Waals surface area contributed by atoms with Crippen molar-refractivity contribution in [1.29, 1.82) is 0 Å². The van der Waals surface area contributed by atoms with E-state index in [0.29, 0.717) is 5.56 Å². The van der Waals surface area contributed by atoms with Gasteiger partial charge in [-0.15, -0.1) is 0 Å². The van der Waals surface area contributed by atoms with Gasteiger partial charge in [-0.05, 0) is 36.4 Å². The minimum atomic E-state index is -1.09. The normalized spacial score (nSPS) is 10.1. The van der Waals surface area contributed by atoms with E-state index in [4.69, 9.17) is 9.84 Å². The van der Waals surface area contributed by atoms with Crippen molar-refractivity contribution in [3.05, 3.63) is 65.5 Å². The summed E-state index contributed by atoms with van der Waals surface area (Å²) < 4.78 is 18.1. The van der Waals surface area contributed by atoms with E-state index in [2.05, 4.69) is 0 Å². The van der Waals surface area contributed by atoms with Crippen molar-refractivity contribution in [2.75, 3.05) is 6.61 Å². The third-order valence-corrected chi connectivity index (χ3v) is 2.87. The van der Waals surface area contributed by atoms with Crippen LogP contribution in [0.25, 0.3) is 0 Å². The second-order valence-corrected chi connectivity index (χ2v) is 4.33. The van der Waals surface area contributed by atoms with Gasteiger partial charge in [-0.3, -0.25) is 4.79 Å². The summed E-state index contributed by atoms with van der Waals surface area (Å²) in [6.45, 7) is 0.0561. The van der Waals surface area contributed by atoms with Gasteiger partial charge in [-0.1, -0.05) is 12.1 Å². The number of carboxylic acids is 1. The summed E-state index contributed by atoms with van der Waals surface area (Å²) in [4.78, 5) is 22.8. The molecule has 0 aromatic heterocycles. The number of carboxylic acid groups (broad SMARTS) is 1. The first kappa shape index (κ1) is 14.7. The molecule has 0 aliphatic heterocycles. The molecular weight excluding hydrogens is 275 g/mol. The molecule has 0 unspecified atom stereocenters. The van der Waals surface area contributed by atoms with Crippen LogP contribution in [0.5, 0.6) is 5.75 Å². The number of carbonyl (C=O) groups is 2. The van der Waals surface area contributed by atoms with E-state index >= 15 is 0 Å². The molecule has 0 atom stereocenters. The molecule has 0 fully saturated rings. The van der Waals surface area contributed by atoms with Crippen LogP contribution in [0, 0.1) is 5.82 Å². The lowest BCUT2D eigenvalue weighted by molar-refractivity contribution is 0.0692. The third kappa shape index (κ3) is 3.89. The third-order valence-electron chi connectivity index (χ3n) is 2.87. The molecule has 21 heavy (non-hydrogen) atoms. The highest BCUT2D eigenvalue weighted by Crippen LogP contribution is 2.18. The Labute approximate surface area is 120 Å². The van der Waals surface area contributed by atoms with Crippen molar-refractivity contribution < 1.29 is 23.8 Å². The van der Waals surface area contributed by atoms with Gasteiger partial charge in [0.25, 0.3) is 0 Å². The van der Waals surface area contributed by atoms with E-state index in [1.165, 1.54) is 36.4 Å². The largest absolute Gasteiger partial charge is 0.492 e. The molecule has 2 rings (SSSR count). The van der Waals surface area contributed by atoms with Gasteiger partial charge in [0.15, 0.2) is 5.78 Å². The van der Waals surface area contributed by atoms with Gasteiger partial charge in [0.2, 0.25) is 0 Å². The van der Waals surface area contributed by atoms with Crippen LogP contribution >= 0.6 is 0 Å². The van der Waals surface area contributed by atoms with Crippen molar-refractivity contribution >= 4 is 11.8 Å². The van der Waals surface area contributed by atoms with Crippen LogP contribution < -0.4 is 4.74 Å². The Hall–Kier alpha value is -2.69. The fourth-order valence-electron chi connectivity index (χ4n) is 1.80. The van der Waals surface area contributed by atoms with Gasteiger partial charge in [0, 0.05) is 12.0 Å².